The molecule has 0 spiro atoms. The molecule has 2 heterocycles. The maximum Gasteiger partial charge on any atom is 0.0951 e. The van der Waals surface area contributed by atoms with E-state index in [1.165, 1.54) is 0 Å². The van der Waals surface area contributed by atoms with Gasteiger partial charge in [-0.3, -0.25) is 0 Å². The number of hydrogen-bond donors (Lipinski definition) is 1. The minimum absolute atomic E-state index is 0.0998. The zero-order valence-electron chi connectivity index (χ0n) is 10.1. The molecule has 0 radical (unpaired) electrons. The van der Waals surface area contributed by atoms with E-state index >= 15 is 0 Å². The first kappa shape index (κ1) is 11.8. The highest BCUT2D eigenvalue weighted by Gasteiger charge is 2.07. The van der Waals surface area contributed by atoms with Crippen molar-refractivity contribution in [3.63, 3.8) is 0 Å². The Morgan fingerprint density at radius 2 is 2.24 bits per heavy atom. The third-order valence-corrected chi connectivity index (χ3v) is 2.58. The molecule has 0 aromatic carbocycles. The van der Waals surface area contributed by atoms with Crippen LogP contribution >= 0.6 is 0 Å². The second kappa shape index (κ2) is 5.09. The summed E-state index contributed by atoms with van der Waals surface area (Å²) in [5, 5.41) is 16.8. The maximum atomic E-state index is 8.81. The van der Waals surface area contributed by atoms with Gasteiger partial charge in [-0.15, -0.1) is 5.10 Å². The Balaban J connectivity index is 2.11. The first-order chi connectivity index (χ1) is 8.20. The lowest BCUT2D eigenvalue weighted by Crippen LogP contribution is -2.09. The molecule has 0 atom stereocenters. The summed E-state index contributed by atoms with van der Waals surface area (Å²) >= 11 is 0. The van der Waals surface area contributed by atoms with Gasteiger partial charge in [-0.05, 0) is 13.8 Å². The maximum absolute atomic E-state index is 8.81. The van der Waals surface area contributed by atoms with Crippen molar-refractivity contribution >= 4 is 0 Å². The lowest BCUT2D eigenvalue weighted by molar-refractivity contribution is 0.298. The van der Waals surface area contributed by atoms with E-state index in [0.29, 0.717) is 19.0 Å². The fraction of sp³-hybridized carbons (Fsp3) is 0.545. The Labute approximate surface area is 99.9 Å². The van der Waals surface area contributed by atoms with E-state index in [1.54, 1.807) is 4.68 Å². The lowest BCUT2D eigenvalue weighted by atomic mass is 10.3. The molecular formula is C11H17N5O. The summed E-state index contributed by atoms with van der Waals surface area (Å²) in [4.78, 5) is 4.14. The molecule has 17 heavy (non-hydrogen) atoms. The molecule has 0 unspecified atom stereocenters. The lowest BCUT2D eigenvalue weighted by Gasteiger charge is -2.11. The molecule has 6 nitrogen and oxygen atoms in total. The topological polar surface area (TPSA) is 68.8 Å². The van der Waals surface area contributed by atoms with Crippen LogP contribution in [-0.2, 0) is 13.0 Å². The molecule has 0 aliphatic rings. The molecule has 0 aliphatic heterocycles. The number of hydrogen-bond acceptors (Lipinski definition) is 4. The van der Waals surface area contributed by atoms with Crippen LogP contribution in [0.2, 0.25) is 0 Å². The minimum Gasteiger partial charge on any atom is -0.396 e. The third kappa shape index (κ3) is 2.71. The van der Waals surface area contributed by atoms with Crippen molar-refractivity contribution in [3.8, 4) is 0 Å². The largest absolute Gasteiger partial charge is 0.396 e. The van der Waals surface area contributed by atoms with Crippen LogP contribution in [0.1, 0.15) is 31.3 Å². The van der Waals surface area contributed by atoms with Crippen molar-refractivity contribution in [2.75, 3.05) is 6.61 Å². The molecule has 2 rings (SSSR count). The summed E-state index contributed by atoms with van der Waals surface area (Å²) in [5.41, 5.74) is 1.91. The van der Waals surface area contributed by atoms with Crippen LogP contribution in [0.15, 0.2) is 18.7 Å². The van der Waals surface area contributed by atoms with Gasteiger partial charge in [0.15, 0.2) is 0 Å². The van der Waals surface area contributed by atoms with Gasteiger partial charge in [-0.25, -0.2) is 9.67 Å². The number of aliphatic hydroxyl groups is 1. The minimum atomic E-state index is 0.0998. The van der Waals surface area contributed by atoms with Crippen molar-refractivity contribution in [2.45, 2.75) is 32.9 Å². The summed E-state index contributed by atoms with van der Waals surface area (Å²) in [6.07, 6.45) is 6.07. The van der Waals surface area contributed by atoms with Crippen LogP contribution in [-0.4, -0.2) is 36.3 Å². The van der Waals surface area contributed by atoms with E-state index in [1.807, 2.05) is 18.7 Å². The van der Waals surface area contributed by atoms with E-state index in [9.17, 15) is 0 Å². The van der Waals surface area contributed by atoms with Gasteiger partial charge in [0.1, 0.15) is 0 Å². The summed E-state index contributed by atoms with van der Waals surface area (Å²) in [7, 11) is 0. The quantitative estimate of drug-likeness (QED) is 0.825. The second-order valence-corrected chi connectivity index (χ2v) is 4.27. The molecule has 2 aromatic heterocycles. The number of nitrogens with zero attached hydrogens (tertiary/aromatic N) is 5. The average Bonchev–Trinajstić information content (AvgIpc) is 2.89. The highest BCUT2D eigenvalue weighted by molar-refractivity contribution is 5.02. The van der Waals surface area contributed by atoms with Gasteiger partial charge < -0.3 is 9.67 Å². The van der Waals surface area contributed by atoms with Crippen LogP contribution in [0.5, 0.6) is 0 Å². The Hall–Kier alpha value is -1.69. The molecule has 0 amide bonds. The average molecular weight is 235 g/mol. The molecule has 0 fully saturated rings. The second-order valence-electron chi connectivity index (χ2n) is 4.27. The van der Waals surface area contributed by atoms with E-state index in [2.05, 4.69) is 33.7 Å². The van der Waals surface area contributed by atoms with Crippen molar-refractivity contribution in [1.82, 2.24) is 24.5 Å². The predicted octanol–water partition coefficient (Wildman–Crippen LogP) is 0.639. The van der Waals surface area contributed by atoms with Gasteiger partial charge in [-0.2, -0.15) is 0 Å². The van der Waals surface area contributed by atoms with Gasteiger partial charge in [0.05, 0.1) is 30.5 Å². The SMILES string of the molecule is CC(C)n1cncc1Cn1cc(CCO)nn1. The van der Waals surface area contributed by atoms with Crippen LogP contribution in [0.25, 0.3) is 0 Å². The van der Waals surface area contributed by atoms with Crippen molar-refractivity contribution in [3.05, 3.63) is 30.1 Å². The van der Waals surface area contributed by atoms with Gasteiger partial charge in [0.25, 0.3) is 0 Å². The molecule has 0 saturated carbocycles. The summed E-state index contributed by atoms with van der Waals surface area (Å²) in [6, 6.07) is 0.382. The fourth-order valence-corrected chi connectivity index (χ4v) is 1.73. The van der Waals surface area contributed by atoms with Crippen molar-refractivity contribution < 1.29 is 5.11 Å². The smallest absolute Gasteiger partial charge is 0.0951 e. The van der Waals surface area contributed by atoms with Crippen LogP contribution in [0.4, 0.5) is 0 Å². The molecule has 0 saturated heterocycles. The molecule has 2 aromatic rings. The summed E-state index contributed by atoms with van der Waals surface area (Å²) < 4.78 is 3.87. The molecule has 0 bridgehead atoms. The first-order valence-electron chi connectivity index (χ1n) is 5.71. The Morgan fingerprint density at radius 1 is 1.41 bits per heavy atom. The standard InChI is InChI=1S/C11H17N5O/c1-9(2)16-8-12-5-11(16)7-15-6-10(3-4-17)13-14-15/h5-6,8-9,17H,3-4,7H2,1-2H3. The van der Waals surface area contributed by atoms with Gasteiger partial charge in [-0.1, -0.05) is 5.21 Å². The van der Waals surface area contributed by atoms with E-state index < -0.39 is 0 Å². The highest BCUT2D eigenvalue weighted by atomic mass is 16.3. The number of imidazole rings is 1. The predicted molar refractivity (Wildman–Crippen MR) is 62.5 cm³/mol. The Bertz CT molecular complexity index is 474. The monoisotopic (exact) mass is 235 g/mol. The zero-order valence-corrected chi connectivity index (χ0v) is 10.1. The zero-order chi connectivity index (χ0) is 12.3. The van der Waals surface area contributed by atoms with E-state index in [4.69, 9.17) is 5.11 Å². The molecule has 6 heteroatoms. The van der Waals surface area contributed by atoms with E-state index in [-0.39, 0.29) is 6.61 Å². The number of rotatable bonds is 5. The summed E-state index contributed by atoms with van der Waals surface area (Å²) in [6.45, 7) is 4.98. The Morgan fingerprint density at radius 3 is 2.94 bits per heavy atom. The van der Waals surface area contributed by atoms with Crippen molar-refractivity contribution in [1.29, 1.82) is 0 Å². The third-order valence-electron chi connectivity index (χ3n) is 2.58. The van der Waals surface area contributed by atoms with Crippen molar-refractivity contribution in [2.24, 2.45) is 0 Å². The van der Waals surface area contributed by atoms with Crippen LogP contribution in [0.3, 0.4) is 0 Å². The van der Waals surface area contributed by atoms with Gasteiger partial charge >= 0.3 is 0 Å². The normalized spacial score (nSPS) is 11.3. The first-order valence-corrected chi connectivity index (χ1v) is 5.71. The van der Waals surface area contributed by atoms with Gasteiger partial charge in [0, 0.05) is 25.3 Å². The van der Waals surface area contributed by atoms with Crippen LogP contribution < -0.4 is 0 Å². The molecule has 0 aliphatic carbocycles. The number of aliphatic hydroxyl groups excluding tert-OH is 1. The Kier molecular flexibility index (Phi) is 3.53. The van der Waals surface area contributed by atoms with E-state index in [0.717, 1.165) is 11.4 Å². The fourth-order valence-electron chi connectivity index (χ4n) is 1.73. The summed E-state index contributed by atoms with van der Waals surface area (Å²) in [5.74, 6) is 0. The molecule has 1 N–H and O–H groups in total. The van der Waals surface area contributed by atoms with Crippen LogP contribution in [0, 0.1) is 0 Å². The number of aromatic nitrogens is 5. The van der Waals surface area contributed by atoms with Gasteiger partial charge in [0.2, 0.25) is 0 Å². The molecule has 92 valence electrons. The highest BCUT2D eigenvalue weighted by Crippen LogP contribution is 2.10. The molecular weight excluding hydrogens is 218 g/mol.